The van der Waals surface area contributed by atoms with Crippen LogP contribution in [0.15, 0.2) is 52.9 Å². The zero-order valence-electron chi connectivity index (χ0n) is 14.9. The molecule has 1 heterocycles. The molecule has 0 saturated heterocycles. The van der Waals surface area contributed by atoms with Crippen LogP contribution >= 0.6 is 0 Å². The molecule has 134 valence electrons. The van der Waals surface area contributed by atoms with E-state index in [9.17, 15) is 9.18 Å². The summed E-state index contributed by atoms with van der Waals surface area (Å²) in [5.41, 5.74) is 1.20. The number of nitrogens with zero attached hydrogens (tertiary/aromatic N) is 2. The second kappa shape index (κ2) is 7.47. The molecule has 0 saturated carbocycles. The zero-order valence-corrected chi connectivity index (χ0v) is 14.9. The number of nitrogens with one attached hydrogen (secondary N) is 1. The lowest BCUT2D eigenvalue weighted by Gasteiger charge is -2.09. The standard InChI is InChI=1S/C20H20FN3O2/c1-12(2)13(3)19-23-24-20(26-19)14-7-6-8-15(11-14)22-18(25)16-9-4-5-10-17(16)21/h4-13H,1-3H3,(H,22,25). The highest BCUT2D eigenvalue weighted by molar-refractivity contribution is 6.04. The van der Waals surface area contributed by atoms with Crippen molar-refractivity contribution in [1.82, 2.24) is 10.2 Å². The molecule has 6 heteroatoms. The molecular weight excluding hydrogens is 333 g/mol. The van der Waals surface area contributed by atoms with Crippen molar-refractivity contribution in [2.45, 2.75) is 26.7 Å². The first kappa shape index (κ1) is 17.8. The normalized spacial score (nSPS) is 12.2. The summed E-state index contributed by atoms with van der Waals surface area (Å²) in [4.78, 5) is 12.2. The number of carbonyl (C=O) groups is 1. The molecule has 1 N–H and O–H groups in total. The molecule has 0 fully saturated rings. The first-order valence-corrected chi connectivity index (χ1v) is 8.45. The Balaban J connectivity index is 1.81. The van der Waals surface area contributed by atoms with E-state index in [1.165, 1.54) is 18.2 Å². The largest absolute Gasteiger partial charge is 0.420 e. The number of amides is 1. The third-order valence-corrected chi connectivity index (χ3v) is 4.32. The van der Waals surface area contributed by atoms with Gasteiger partial charge in [0.2, 0.25) is 11.8 Å². The van der Waals surface area contributed by atoms with E-state index < -0.39 is 11.7 Å². The van der Waals surface area contributed by atoms with Crippen molar-refractivity contribution in [3.63, 3.8) is 0 Å². The SMILES string of the molecule is CC(C)C(C)c1nnc(-c2cccc(NC(=O)c3ccccc3F)c2)o1. The summed E-state index contributed by atoms with van der Waals surface area (Å²) in [7, 11) is 0. The molecule has 26 heavy (non-hydrogen) atoms. The molecule has 2 aromatic carbocycles. The maximum absolute atomic E-state index is 13.7. The Labute approximate surface area is 151 Å². The lowest BCUT2D eigenvalue weighted by atomic mass is 9.98. The van der Waals surface area contributed by atoms with Gasteiger partial charge in [-0.25, -0.2) is 4.39 Å². The molecule has 3 aromatic rings. The number of halogens is 1. The van der Waals surface area contributed by atoms with Crippen LogP contribution in [0.3, 0.4) is 0 Å². The van der Waals surface area contributed by atoms with Gasteiger partial charge < -0.3 is 9.73 Å². The number of anilines is 1. The Morgan fingerprint density at radius 2 is 1.85 bits per heavy atom. The molecule has 1 aromatic heterocycles. The Hall–Kier alpha value is -3.02. The summed E-state index contributed by atoms with van der Waals surface area (Å²) in [6, 6.07) is 12.9. The van der Waals surface area contributed by atoms with Gasteiger partial charge >= 0.3 is 0 Å². The minimum absolute atomic E-state index is 0.0104. The van der Waals surface area contributed by atoms with Crippen LogP contribution in [0, 0.1) is 11.7 Å². The van der Waals surface area contributed by atoms with Gasteiger partial charge in [-0.3, -0.25) is 4.79 Å². The van der Waals surface area contributed by atoms with Crippen molar-refractivity contribution in [3.05, 3.63) is 65.8 Å². The molecule has 1 unspecified atom stereocenters. The molecule has 0 aliphatic rings. The maximum Gasteiger partial charge on any atom is 0.258 e. The van der Waals surface area contributed by atoms with Crippen LogP contribution in [-0.2, 0) is 0 Å². The quantitative estimate of drug-likeness (QED) is 0.709. The molecule has 1 atom stereocenters. The van der Waals surface area contributed by atoms with Crippen LogP contribution in [0.5, 0.6) is 0 Å². The van der Waals surface area contributed by atoms with E-state index in [0.717, 1.165) is 0 Å². The lowest BCUT2D eigenvalue weighted by molar-refractivity contribution is 0.102. The topological polar surface area (TPSA) is 68.0 Å². The zero-order chi connectivity index (χ0) is 18.7. The van der Waals surface area contributed by atoms with Gasteiger partial charge in [0, 0.05) is 17.2 Å². The minimum Gasteiger partial charge on any atom is -0.420 e. The van der Waals surface area contributed by atoms with Gasteiger partial charge in [0.25, 0.3) is 5.91 Å². The van der Waals surface area contributed by atoms with Crippen LogP contribution < -0.4 is 5.32 Å². The third-order valence-electron chi connectivity index (χ3n) is 4.32. The second-order valence-corrected chi connectivity index (χ2v) is 6.49. The van der Waals surface area contributed by atoms with Gasteiger partial charge in [0.15, 0.2) is 0 Å². The fourth-order valence-corrected chi connectivity index (χ4v) is 2.39. The fraction of sp³-hybridized carbons (Fsp3) is 0.250. The van der Waals surface area contributed by atoms with Crippen molar-refractivity contribution in [2.75, 3.05) is 5.32 Å². The van der Waals surface area contributed by atoms with Gasteiger partial charge in [0.05, 0.1) is 5.56 Å². The van der Waals surface area contributed by atoms with Crippen LogP contribution in [0.4, 0.5) is 10.1 Å². The molecule has 0 radical (unpaired) electrons. The van der Waals surface area contributed by atoms with E-state index in [1.807, 2.05) is 13.0 Å². The molecular formula is C20H20FN3O2. The molecule has 5 nitrogen and oxygen atoms in total. The van der Waals surface area contributed by atoms with E-state index in [2.05, 4.69) is 29.4 Å². The summed E-state index contributed by atoms with van der Waals surface area (Å²) >= 11 is 0. The van der Waals surface area contributed by atoms with Crippen molar-refractivity contribution in [2.24, 2.45) is 5.92 Å². The van der Waals surface area contributed by atoms with Crippen LogP contribution in [0.2, 0.25) is 0 Å². The molecule has 0 aliphatic heterocycles. The van der Waals surface area contributed by atoms with Gasteiger partial charge in [0.1, 0.15) is 5.82 Å². The average molecular weight is 353 g/mol. The van der Waals surface area contributed by atoms with Crippen molar-refractivity contribution in [3.8, 4) is 11.5 Å². The van der Waals surface area contributed by atoms with Gasteiger partial charge in [-0.05, 0) is 36.2 Å². The molecule has 0 spiro atoms. The average Bonchev–Trinajstić information content (AvgIpc) is 3.11. The Morgan fingerprint density at radius 3 is 2.58 bits per heavy atom. The Morgan fingerprint density at radius 1 is 1.08 bits per heavy atom. The van der Waals surface area contributed by atoms with Crippen LogP contribution in [-0.4, -0.2) is 16.1 Å². The molecule has 3 rings (SSSR count). The summed E-state index contributed by atoms with van der Waals surface area (Å²) < 4.78 is 19.5. The molecule has 0 bridgehead atoms. The van der Waals surface area contributed by atoms with Crippen molar-refractivity contribution in [1.29, 1.82) is 0 Å². The highest BCUT2D eigenvalue weighted by Gasteiger charge is 2.18. The third kappa shape index (κ3) is 3.79. The first-order chi connectivity index (χ1) is 12.5. The summed E-state index contributed by atoms with van der Waals surface area (Å²) in [6.07, 6.45) is 0. The van der Waals surface area contributed by atoms with Crippen molar-refractivity contribution >= 4 is 11.6 Å². The second-order valence-electron chi connectivity index (χ2n) is 6.49. The van der Waals surface area contributed by atoms with Gasteiger partial charge in [-0.2, -0.15) is 0 Å². The van der Waals surface area contributed by atoms with E-state index in [0.29, 0.717) is 29.0 Å². The minimum atomic E-state index is -0.564. The van der Waals surface area contributed by atoms with Gasteiger partial charge in [-0.1, -0.05) is 39.0 Å². The Bertz CT molecular complexity index is 921. The number of rotatable bonds is 5. The fourth-order valence-electron chi connectivity index (χ4n) is 2.39. The van der Waals surface area contributed by atoms with E-state index >= 15 is 0 Å². The maximum atomic E-state index is 13.7. The Kier molecular flexibility index (Phi) is 5.11. The highest BCUT2D eigenvalue weighted by atomic mass is 19.1. The van der Waals surface area contributed by atoms with E-state index in [-0.39, 0.29) is 11.5 Å². The van der Waals surface area contributed by atoms with E-state index in [4.69, 9.17) is 4.42 Å². The monoisotopic (exact) mass is 353 g/mol. The van der Waals surface area contributed by atoms with Gasteiger partial charge in [-0.15, -0.1) is 10.2 Å². The molecule has 1 amide bonds. The van der Waals surface area contributed by atoms with Crippen molar-refractivity contribution < 1.29 is 13.6 Å². The van der Waals surface area contributed by atoms with Crippen LogP contribution in [0.1, 0.15) is 42.9 Å². The predicted octanol–water partition coefficient (Wildman–Crippen LogP) is 4.89. The number of carbonyl (C=O) groups excluding carboxylic acids is 1. The summed E-state index contributed by atoms with van der Waals surface area (Å²) in [6.45, 7) is 6.22. The number of benzene rings is 2. The highest BCUT2D eigenvalue weighted by Crippen LogP contribution is 2.27. The number of hydrogen-bond acceptors (Lipinski definition) is 4. The number of hydrogen-bond donors (Lipinski definition) is 1. The predicted molar refractivity (Wildman–Crippen MR) is 97.3 cm³/mol. The summed E-state index contributed by atoms with van der Waals surface area (Å²) in [5, 5.41) is 10.9. The van der Waals surface area contributed by atoms with E-state index in [1.54, 1.807) is 24.3 Å². The number of aromatic nitrogens is 2. The molecule has 0 aliphatic carbocycles. The summed E-state index contributed by atoms with van der Waals surface area (Å²) in [5.74, 6) is 0.422. The smallest absolute Gasteiger partial charge is 0.258 e. The van der Waals surface area contributed by atoms with Crippen LogP contribution in [0.25, 0.3) is 11.5 Å². The lowest BCUT2D eigenvalue weighted by Crippen LogP contribution is -2.13. The first-order valence-electron chi connectivity index (χ1n) is 8.45.